The molecule has 1 amide bonds. The molecule has 0 atom stereocenters. The van der Waals surface area contributed by atoms with Crippen LogP contribution in [-0.2, 0) is 14.6 Å². The summed E-state index contributed by atoms with van der Waals surface area (Å²) in [4.78, 5) is 11.1. The maximum atomic E-state index is 11.1. The van der Waals surface area contributed by atoms with Gasteiger partial charge in [0.1, 0.15) is 5.75 Å². The van der Waals surface area contributed by atoms with Crippen LogP contribution in [-0.4, -0.2) is 38.4 Å². The van der Waals surface area contributed by atoms with Crippen LogP contribution in [0.25, 0.3) is 0 Å². The number of nitrogens with one attached hydrogen (secondary N) is 1. The minimum atomic E-state index is -3.26. The van der Waals surface area contributed by atoms with Gasteiger partial charge in [-0.1, -0.05) is 0 Å². The second-order valence-electron chi connectivity index (χ2n) is 3.71. The molecule has 0 unspecified atom stereocenters. The van der Waals surface area contributed by atoms with Crippen molar-refractivity contribution in [2.24, 2.45) is 5.73 Å². The van der Waals surface area contributed by atoms with Gasteiger partial charge in [0.2, 0.25) is 5.91 Å². The molecular formula is C7H16N2O3S. The first kappa shape index (κ1) is 12.4. The Kier molecular flexibility index (Phi) is 3.87. The topological polar surface area (TPSA) is 89.3 Å². The molecule has 0 aromatic carbocycles. The normalized spacial score (nSPS) is 12.6. The van der Waals surface area contributed by atoms with Crippen LogP contribution in [0.2, 0.25) is 0 Å². The summed E-state index contributed by atoms with van der Waals surface area (Å²) >= 11 is 0. The van der Waals surface area contributed by atoms with Crippen molar-refractivity contribution in [1.82, 2.24) is 5.32 Å². The molecule has 0 fully saturated rings. The van der Waals surface area contributed by atoms with Crippen molar-refractivity contribution in [2.75, 3.05) is 18.6 Å². The SMILES string of the molecule is CC(C)(CN)NC(=O)CS(C)(=O)=O. The molecule has 0 aromatic rings. The standard InChI is InChI=1S/C7H16N2O3S/c1-7(2,5-8)9-6(10)4-13(3,11)12/h4-5,8H2,1-3H3,(H,9,10). The van der Waals surface area contributed by atoms with E-state index in [1.807, 2.05) is 0 Å². The highest BCUT2D eigenvalue weighted by Gasteiger charge is 2.20. The van der Waals surface area contributed by atoms with E-state index in [2.05, 4.69) is 5.32 Å². The Bertz CT molecular complexity index is 282. The van der Waals surface area contributed by atoms with Gasteiger partial charge < -0.3 is 11.1 Å². The van der Waals surface area contributed by atoms with Gasteiger partial charge in [-0.05, 0) is 13.8 Å². The number of carbonyl (C=O) groups is 1. The van der Waals surface area contributed by atoms with E-state index in [-0.39, 0.29) is 6.54 Å². The third kappa shape index (κ3) is 6.53. The lowest BCUT2D eigenvalue weighted by atomic mass is 10.1. The van der Waals surface area contributed by atoms with Crippen LogP contribution < -0.4 is 11.1 Å². The molecule has 3 N–H and O–H groups in total. The highest BCUT2D eigenvalue weighted by molar-refractivity contribution is 7.91. The summed E-state index contributed by atoms with van der Waals surface area (Å²) in [5.74, 6) is -1.01. The van der Waals surface area contributed by atoms with Crippen molar-refractivity contribution in [2.45, 2.75) is 19.4 Å². The van der Waals surface area contributed by atoms with E-state index in [0.717, 1.165) is 6.26 Å². The number of nitrogens with two attached hydrogens (primary N) is 1. The zero-order valence-corrected chi connectivity index (χ0v) is 8.94. The van der Waals surface area contributed by atoms with Crippen molar-refractivity contribution >= 4 is 15.7 Å². The second-order valence-corrected chi connectivity index (χ2v) is 5.85. The number of sulfone groups is 1. The van der Waals surface area contributed by atoms with E-state index in [4.69, 9.17) is 5.73 Å². The summed E-state index contributed by atoms with van der Waals surface area (Å²) in [6.07, 6.45) is 1.02. The van der Waals surface area contributed by atoms with Crippen molar-refractivity contribution in [3.63, 3.8) is 0 Å². The first-order valence-electron chi connectivity index (χ1n) is 3.85. The van der Waals surface area contributed by atoms with Gasteiger partial charge in [0.05, 0.1) is 0 Å². The van der Waals surface area contributed by atoms with Gasteiger partial charge in [-0.3, -0.25) is 4.79 Å². The van der Waals surface area contributed by atoms with Crippen LogP contribution in [0.4, 0.5) is 0 Å². The molecule has 0 aliphatic rings. The molecule has 0 saturated heterocycles. The van der Waals surface area contributed by atoms with Gasteiger partial charge >= 0.3 is 0 Å². The van der Waals surface area contributed by atoms with Crippen LogP contribution >= 0.6 is 0 Å². The van der Waals surface area contributed by atoms with E-state index < -0.39 is 27.0 Å². The largest absolute Gasteiger partial charge is 0.349 e. The van der Waals surface area contributed by atoms with Crippen LogP contribution in [0.15, 0.2) is 0 Å². The Hall–Kier alpha value is -0.620. The Morgan fingerprint density at radius 2 is 1.92 bits per heavy atom. The number of amides is 1. The number of rotatable bonds is 4. The highest BCUT2D eigenvalue weighted by atomic mass is 32.2. The maximum Gasteiger partial charge on any atom is 0.235 e. The number of hydrogen-bond donors (Lipinski definition) is 2. The molecule has 0 aliphatic carbocycles. The Morgan fingerprint density at radius 1 is 1.46 bits per heavy atom. The summed E-state index contributed by atoms with van der Waals surface area (Å²) in [5, 5.41) is 2.52. The minimum absolute atomic E-state index is 0.266. The molecule has 5 nitrogen and oxygen atoms in total. The smallest absolute Gasteiger partial charge is 0.235 e. The van der Waals surface area contributed by atoms with Gasteiger partial charge in [-0.15, -0.1) is 0 Å². The fourth-order valence-corrected chi connectivity index (χ4v) is 1.25. The second kappa shape index (κ2) is 4.06. The van der Waals surface area contributed by atoms with Crippen LogP contribution in [0, 0.1) is 0 Å². The van der Waals surface area contributed by atoms with Gasteiger partial charge in [-0.25, -0.2) is 8.42 Å². The molecule has 0 aromatic heterocycles. The first-order valence-corrected chi connectivity index (χ1v) is 5.91. The van der Waals surface area contributed by atoms with Gasteiger partial charge in [-0.2, -0.15) is 0 Å². The first-order chi connectivity index (χ1) is 5.66. The lowest BCUT2D eigenvalue weighted by Crippen LogP contribution is -2.50. The lowest BCUT2D eigenvalue weighted by Gasteiger charge is -2.23. The van der Waals surface area contributed by atoms with Crippen molar-refractivity contribution in [1.29, 1.82) is 0 Å². The van der Waals surface area contributed by atoms with E-state index in [1.165, 1.54) is 0 Å². The fourth-order valence-electron chi connectivity index (χ4n) is 0.703. The predicted molar refractivity (Wildman–Crippen MR) is 51.0 cm³/mol. The molecule has 0 spiro atoms. The van der Waals surface area contributed by atoms with Gasteiger partial charge in [0.25, 0.3) is 0 Å². The average Bonchev–Trinajstić information content (AvgIpc) is 1.81. The summed E-state index contributed by atoms with van der Waals surface area (Å²) in [6.45, 7) is 3.73. The summed E-state index contributed by atoms with van der Waals surface area (Å²) in [7, 11) is -3.26. The Balaban J connectivity index is 4.19. The number of carbonyl (C=O) groups excluding carboxylic acids is 1. The van der Waals surface area contributed by atoms with Gasteiger partial charge in [0, 0.05) is 18.3 Å². The predicted octanol–water partition coefficient (Wildman–Crippen LogP) is -1.12. The third-order valence-electron chi connectivity index (χ3n) is 1.38. The monoisotopic (exact) mass is 208 g/mol. The quantitative estimate of drug-likeness (QED) is 0.612. The molecule has 6 heteroatoms. The summed E-state index contributed by atoms with van der Waals surface area (Å²) in [6, 6.07) is 0. The summed E-state index contributed by atoms with van der Waals surface area (Å²) < 4.78 is 21.4. The van der Waals surface area contributed by atoms with E-state index >= 15 is 0 Å². The van der Waals surface area contributed by atoms with Crippen LogP contribution in [0.3, 0.4) is 0 Å². The average molecular weight is 208 g/mol. The lowest BCUT2D eigenvalue weighted by molar-refractivity contribution is -0.120. The zero-order chi connectivity index (χ0) is 10.7. The maximum absolute atomic E-state index is 11.1. The van der Waals surface area contributed by atoms with Crippen LogP contribution in [0.1, 0.15) is 13.8 Å². The van der Waals surface area contributed by atoms with E-state index in [1.54, 1.807) is 13.8 Å². The fraction of sp³-hybridized carbons (Fsp3) is 0.857. The minimum Gasteiger partial charge on any atom is -0.349 e. The number of hydrogen-bond acceptors (Lipinski definition) is 4. The molecule has 0 bridgehead atoms. The highest BCUT2D eigenvalue weighted by Crippen LogP contribution is 1.98. The van der Waals surface area contributed by atoms with Crippen molar-refractivity contribution < 1.29 is 13.2 Å². The molecule has 0 radical (unpaired) electrons. The Morgan fingerprint density at radius 3 is 2.23 bits per heavy atom. The zero-order valence-electron chi connectivity index (χ0n) is 8.12. The molecule has 0 rings (SSSR count). The van der Waals surface area contributed by atoms with Gasteiger partial charge in [0.15, 0.2) is 9.84 Å². The Labute approximate surface area is 78.6 Å². The molecule has 0 saturated carbocycles. The molecule has 0 aliphatic heterocycles. The van der Waals surface area contributed by atoms with Crippen molar-refractivity contribution in [3.8, 4) is 0 Å². The molecule has 13 heavy (non-hydrogen) atoms. The van der Waals surface area contributed by atoms with Crippen LogP contribution in [0.5, 0.6) is 0 Å². The molecular weight excluding hydrogens is 192 g/mol. The molecule has 0 heterocycles. The van der Waals surface area contributed by atoms with E-state index in [9.17, 15) is 13.2 Å². The van der Waals surface area contributed by atoms with E-state index in [0.29, 0.717) is 0 Å². The third-order valence-corrected chi connectivity index (χ3v) is 2.17. The molecule has 78 valence electrons. The summed E-state index contributed by atoms with van der Waals surface area (Å²) in [5.41, 5.74) is 4.80. The van der Waals surface area contributed by atoms with Crippen molar-refractivity contribution in [3.05, 3.63) is 0 Å².